The lowest BCUT2D eigenvalue weighted by molar-refractivity contribution is -0.114. The first-order chi connectivity index (χ1) is 16.0. The zero-order valence-electron chi connectivity index (χ0n) is 18.3. The third-order valence-corrected chi connectivity index (χ3v) is 6.04. The van der Waals surface area contributed by atoms with Crippen LogP contribution < -0.4 is 5.32 Å². The summed E-state index contributed by atoms with van der Waals surface area (Å²) in [6.07, 6.45) is 9.34. The Kier molecular flexibility index (Phi) is 5.14. The fourth-order valence-electron chi connectivity index (χ4n) is 4.60. The molecule has 0 atom stereocenters. The van der Waals surface area contributed by atoms with E-state index >= 15 is 0 Å². The molecular weight excluding hydrogens is 422 g/mol. The Balaban J connectivity index is 1.51. The van der Waals surface area contributed by atoms with Gasteiger partial charge < -0.3 is 10.1 Å². The monoisotopic (exact) mass is 445 g/mol. The molecule has 4 heterocycles. The quantitative estimate of drug-likeness (QED) is 0.446. The van der Waals surface area contributed by atoms with Gasteiger partial charge in [0, 0.05) is 38.5 Å². The van der Waals surface area contributed by atoms with Gasteiger partial charge in [-0.2, -0.15) is 20.6 Å². The number of methoxy groups -OCH3 is 1. The third kappa shape index (κ3) is 3.74. The van der Waals surface area contributed by atoms with Gasteiger partial charge in [0.15, 0.2) is 5.82 Å². The summed E-state index contributed by atoms with van der Waals surface area (Å²) in [5, 5.41) is 28.1. The third-order valence-electron chi connectivity index (χ3n) is 6.04. The minimum atomic E-state index is -0.318. The van der Waals surface area contributed by atoms with Gasteiger partial charge in [0.05, 0.1) is 53.5 Å². The number of nitrogens with one attached hydrogen (secondary N) is 2. The van der Waals surface area contributed by atoms with E-state index in [1.54, 1.807) is 36.3 Å². The maximum Gasteiger partial charge on any atom is 0.222 e. The fraction of sp³-hybridized carbons (Fsp3) is 0.364. The molecule has 5 rings (SSSR count). The van der Waals surface area contributed by atoms with Crippen LogP contribution in [0.1, 0.15) is 26.2 Å². The second-order valence-electron chi connectivity index (χ2n) is 8.45. The number of amides is 1. The van der Waals surface area contributed by atoms with Gasteiger partial charge in [0.2, 0.25) is 5.91 Å². The lowest BCUT2D eigenvalue weighted by Gasteiger charge is -2.46. The molecule has 1 amide bonds. The van der Waals surface area contributed by atoms with E-state index in [0.29, 0.717) is 41.8 Å². The molecule has 0 unspecified atom stereocenters. The minimum Gasteiger partial charge on any atom is -0.384 e. The number of rotatable bonds is 7. The molecule has 0 saturated heterocycles. The van der Waals surface area contributed by atoms with Crippen molar-refractivity contribution in [2.75, 3.05) is 19.0 Å². The van der Waals surface area contributed by atoms with Crippen LogP contribution >= 0.6 is 0 Å². The van der Waals surface area contributed by atoms with Crippen molar-refractivity contribution >= 4 is 17.2 Å². The Bertz CT molecular complexity index is 1350. The first-order valence-electron chi connectivity index (χ1n) is 10.6. The molecule has 0 aromatic carbocycles. The predicted octanol–water partition coefficient (Wildman–Crippen LogP) is 2.61. The number of aromatic nitrogens is 7. The van der Waals surface area contributed by atoms with Gasteiger partial charge in [-0.05, 0) is 24.8 Å². The van der Waals surface area contributed by atoms with Crippen LogP contribution in [0.15, 0.2) is 36.9 Å². The minimum absolute atomic E-state index is 0.202. The SMILES string of the molecule is COCC1CC(CC#N)(n2cc(-c3nc(-c4cc(NC(C)=O)n[nH]4)cn4nccc34)cn2)C1. The summed E-state index contributed by atoms with van der Waals surface area (Å²) in [5.41, 5.74) is 3.32. The number of anilines is 1. The number of fused-ring (bicyclic) bond motifs is 1. The summed E-state index contributed by atoms with van der Waals surface area (Å²) in [5.74, 6) is 0.645. The smallest absolute Gasteiger partial charge is 0.222 e. The van der Waals surface area contributed by atoms with Crippen LogP contribution in [0.25, 0.3) is 28.2 Å². The topological polar surface area (TPSA) is 139 Å². The van der Waals surface area contributed by atoms with Gasteiger partial charge in [-0.1, -0.05) is 0 Å². The Morgan fingerprint density at radius 1 is 1.39 bits per heavy atom. The van der Waals surface area contributed by atoms with Crippen molar-refractivity contribution in [3.05, 3.63) is 36.9 Å². The van der Waals surface area contributed by atoms with Crippen LogP contribution in [0.5, 0.6) is 0 Å². The largest absolute Gasteiger partial charge is 0.384 e. The molecular formula is C22H23N9O2. The van der Waals surface area contributed by atoms with Crippen LogP contribution in [0, 0.1) is 17.2 Å². The number of carbonyl (C=O) groups excluding carboxylic acids is 1. The van der Waals surface area contributed by atoms with Crippen LogP contribution in [-0.4, -0.2) is 54.2 Å². The van der Waals surface area contributed by atoms with E-state index in [0.717, 1.165) is 23.9 Å². The predicted molar refractivity (Wildman–Crippen MR) is 119 cm³/mol. The maximum absolute atomic E-state index is 11.3. The number of aromatic amines is 1. The lowest BCUT2D eigenvalue weighted by atomic mass is 9.67. The number of hydrogen-bond acceptors (Lipinski definition) is 7. The van der Waals surface area contributed by atoms with Gasteiger partial charge in [0.25, 0.3) is 0 Å². The average molecular weight is 445 g/mol. The van der Waals surface area contributed by atoms with E-state index in [1.165, 1.54) is 6.92 Å². The van der Waals surface area contributed by atoms with Crippen molar-refractivity contribution in [2.24, 2.45) is 5.92 Å². The molecule has 0 radical (unpaired) electrons. The molecule has 0 spiro atoms. The molecule has 1 aliphatic rings. The molecule has 0 bridgehead atoms. The van der Waals surface area contributed by atoms with Gasteiger partial charge in [-0.15, -0.1) is 0 Å². The van der Waals surface area contributed by atoms with Gasteiger partial charge >= 0.3 is 0 Å². The number of nitrogens with zero attached hydrogens (tertiary/aromatic N) is 7. The summed E-state index contributed by atoms with van der Waals surface area (Å²) in [6.45, 7) is 2.11. The second kappa shape index (κ2) is 8.14. The van der Waals surface area contributed by atoms with E-state index in [-0.39, 0.29) is 11.4 Å². The molecule has 11 heteroatoms. The van der Waals surface area contributed by atoms with Gasteiger partial charge in [0.1, 0.15) is 5.69 Å². The molecule has 4 aromatic rings. The molecule has 11 nitrogen and oxygen atoms in total. The molecule has 1 saturated carbocycles. The van der Waals surface area contributed by atoms with Crippen molar-refractivity contribution in [1.29, 1.82) is 5.26 Å². The van der Waals surface area contributed by atoms with Crippen molar-refractivity contribution in [3.8, 4) is 28.7 Å². The molecule has 168 valence electrons. The van der Waals surface area contributed by atoms with E-state index in [2.05, 4.69) is 31.8 Å². The van der Waals surface area contributed by atoms with E-state index in [1.807, 2.05) is 16.9 Å². The Labute approximate surface area is 189 Å². The summed E-state index contributed by atoms with van der Waals surface area (Å²) in [4.78, 5) is 16.2. The standard InChI is InChI=1S/C22H23N9O2/c1-14(32)26-20-7-17(28-29-20)18-12-30-19(3-6-24-30)21(27-18)16-10-25-31(11-16)22(4-5-23)8-15(9-22)13-33-2/h3,6-7,10-12,15H,4,8-9,13H2,1-2H3,(H2,26,28,29,32). The van der Waals surface area contributed by atoms with Crippen molar-refractivity contribution < 1.29 is 9.53 Å². The Hall–Kier alpha value is -4.04. The number of carbonyl (C=O) groups is 1. The zero-order valence-corrected chi connectivity index (χ0v) is 18.3. The normalized spacial score (nSPS) is 19.8. The Morgan fingerprint density at radius 2 is 2.24 bits per heavy atom. The van der Waals surface area contributed by atoms with Crippen LogP contribution in [0.2, 0.25) is 0 Å². The highest BCUT2D eigenvalue weighted by atomic mass is 16.5. The number of nitriles is 1. The van der Waals surface area contributed by atoms with Gasteiger partial charge in [-0.25, -0.2) is 9.50 Å². The zero-order chi connectivity index (χ0) is 23.0. The lowest BCUT2D eigenvalue weighted by Crippen LogP contribution is -2.47. The summed E-state index contributed by atoms with van der Waals surface area (Å²) >= 11 is 0. The van der Waals surface area contributed by atoms with Gasteiger partial charge in [-0.3, -0.25) is 14.6 Å². The maximum atomic E-state index is 11.3. The van der Waals surface area contributed by atoms with Crippen molar-refractivity contribution in [3.63, 3.8) is 0 Å². The second-order valence-corrected chi connectivity index (χ2v) is 8.45. The molecule has 0 aliphatic heterocycles. The van der Waals surface area contributed by atoms with Crippen molar-refractivity contribution in [2.45, 2.75) is 31.7 Å². The van der Waals surface area contributed by atoms with E-state index in [4.69, 9.17) is 9.72 Å². The van der Waals surface area contributed by atoms with E-state index < -0.39 is 0 Å². The molecule has 1 aliphatic carbocycles. The first-order valence-corrected chi connectivity index (χ1v) is 10.6. The van der Waals surface area contributed by atoms with Crippen LogP contribution in [0.4, 0.5) is 5.82 Å². The molecule has 1 fully saturated rings. The molecule has 4 aromatic heterocycles. The highest BCUT2D eigenvalue weighted by Gasteiger charge is 2.46. The Morgan fingerprint density at radius 3 is 3.00 bits per heavy atom. The summed E-state index contributed by atoms with van der Waals surface area (Å²) in [7, 11) is 1.70. The van der Waals surface area contributed by atoms with E-state index in [9.17, 15) is 10.1 Å². The first kappa shape index (κ1) is 20.8. The number of H-pyrrole nitrogens is 1. The fourth-order valence-corrected chi connectivity index (χ4v) is 4.60. The molecule has 2 N–H and O–H groups in total. The molecule has 33 heavy (non-hydrogen) atoms. The average Bonchev–Trinajstić information content (AvgIpc) is 3.51. The number of hydrogen-bond donors (Lipinski definition) is 2. The highest BCUT2D eigenvalue weighted by Crippen LogP contribution is 2.46. The summed E-state index contributed by atoms with van der Waals surface area (Å²) in [6, 6.07) is 5.93. The summed E-state index contributed by atoms with van der Waals surface area (Å²) < 4.78 is 8.94. The van der Waals surface area contributed by atoms with Crippen LogP contribution in [0.3, 0.4) is 0 Å². The van der Waals surface area contributed by atoms with Crippen molar-refractivity contribution in [1.82, 2.24) is 34.6 Å². The van der Waals surface area contributed by atoms with Crippen LogP contribution in [-0.2, 0) is 15.1 Å². The number of ether oxygens (including phenoxy) is 1. The highest BCUT2D eigenvalue weighted by molar-refractivity contribution is 5.88.